The molecule has 8 heteroatoms. The third kappa shape index (κ3) is 3.41. The average molecular weight is 329 g/mol. The van der Waals surface area contributed by atoms with Crippen LogP contribution in [0.5, 0.6) is 0 Å². The number of anilines is 2. The van der Waals surface area contributed by atoms with Crippen LogP contribution < -0.4 is 16.9 Å². The molecule has 1 heterocycles. The summed E-state index contributed by atoms with van der Waals surface area (Å²) < 4.78 is 5.57. The summed E-state index contributed by atoms with van der Waals surface area (Å²) in [7, 11) is 0. The fraction of sp³-hybridized carbons (Fsp3) is 0. The molecule has 0 bridgehead atoms. The minimum absolute atomic E-state index is 0.263. The van der Waals surface area contributed by atoms with Crippen LogP contribution in [0.3, 0.4) is 0 Å². The van der Waals surface area contributed by atoms with E-state index >= 15 is 0 Å². The van der Waals surface area contributed by atoms with Gasteiger partial charge in [0.15, 0.2) is 0 Å². The Kier molecular flexibility index (Phi) is 4.11. The van der Waals surface area contributed by atoms with Gasteiger partial charge in [0.25, 0.3) is 0 Å². The predicted molar refractivity (Wildman–Crippen MR) is 89.4 cm³/mol. The summed E-state index contributed by atoms with van der Waals surface area (Å²) in [5, 5.41) is 15.0. The highest BCUT2D eigenvalue weighted by Gasteiger charge is 2.09. The Balaban J connectivity index is 1.75. The second kappa shape index (κ2) is 6.37. The number of hydrogen-bond acceptors (Lipinski definition) is 6. The molecule has 5 N–H and O–H groups in total. The molecule has 0 fully saturated rings. The molecule has 116 valence electrons. The highest BCUT2D eigenvalue weighted by atomic mass is 35.5. The van der Waals surface area contributed by atoms with Crippen molar-refractivity contribution in [2.45, 2.75) is 0 Å². The van der Waals surface area contributed by atoms with E-state index in [-0.39, 0.29) is 11.9 Å². The van der Waals surface area contributed by atoms with Crippen LogP contribution in [0.1, 0.15) is 5.56 Å². The zero-order chi connectivity index (χ0) is 16.2. The van der Waals surface area contributed by atoms with E-state index in [9.17, 15) is 0 Å². The number of nitrogens with zero attached hydrogens (tertiary/aromatic N) is 3. The monoisotopic (exact) mass is 328 g/mol. The van der Waals surface area contributed by atoms with E-state index in [0.717, 1.165) is 16.8 Å². The van der Waals surface area contributed by atoms with E-state index in [1.54, 1.807) is 36.4 Å². The fourth-order valence-corrected chi connectivity index (χ4v) is 2.03. The molecule has 23 heavy (non-hydrogen) atoms. The molecule has 0 aliphatic heterocycles. The summed E-state index contributed by atoms with van der Waals surface area (Å²) >= 11 is 5.85. The Morgan fingerprint density at radius 3 is 2.39 bits per heavy atom. The van der Waals surface area contributed by atoms with Gasteiger partial charge in [-0.15, -0.1) is 5.10 Å². The summed E-state index contributed by atoms with van der Waals surface area (Å²) in [4.78, 5) is 0. The maximum absolute atomic E-state index is 5.85. The van der Waals surface area contributed by atoms with Crippen molar-refractivity contribution in [3.63, 3.8) is 0 Å². The number of hydrogen-bond donors (Lipinski definition) is 3. The molecular weight excluding hydrogens is 316 g/mol. The topological polar surface area (TPSA) is 115 Å². The van der Waals surface area contributed by atoms with E-state index in [0.29, 0.717) is 10.9 Å². The van der Waals surface area contributed by atoms with E-state index in [4.69, 9.17) is 27.6 Å². The number of amidine groups is 1. The molecule has 3 aromatic rings. The van der Waals surface area contributed by atoms with Gasteiger partial charge in [-0.25, -0.2) is 0 Å². The fourth-order valence-electron chi connectivity index (χ4n) is 1.91. The Morgan fingerprint density at radius 2 is 1.74 bits per heavy atom. The van der Waals surface area contributed by atoms with Crippen molar-refractivity contribution < 1.29 is 4.42 Å². The number of benzene rings is 2. The van der Waals surface area contributed by atoms with Crippen molar-refractivity contribution in [1.82, 2.24) is 10.2 Å². The van der Waals surface area contributed by atoms with E-state index in [1.807, 2.05) is 12.1 Å². The standard InChI is InChI=1S/C15H13ClN6O/c16-11-5-1-10(2-6-11)14-21-22-15(23-14)19-12-7-3-9(4-8-12)13(17)20-18/h1-8H,18H2,(H2,17,20)(H,19,22). The molecular formula is C15H13ClN6O. The van der Waals surface area contributed by atoms with Crippen LogP contribution in [0.25, 0.3) is 11.5 Å². The first-order chi connectivity index (χ1) is 11.2. The smallest absolute Gasteiger partial charge is 0.320 e. The molecule has 1 aromatic heterocycles. The molecule has 7 nitrogen and oxygen atoms in total. The number of hydrazone groups is 1. The van der Waals surface area contributed by atoms with Crippen LogP contribution >= 0.6 is 11.6 Å². The van der Waals surface area contributed by atoms with Crippen molar-refractivity contribution in [1.29, 1.82) is 0 Å². The lowest BCUT2D eigenvalue weighted by molar-refractivity contribution is 0.587. The SMILES string of the molecule is NN=C(N)c1ccc(Nc2nnc(-c3ccc(Cl)cc3)o2)cc1. The minimum Gasteiger partial charge on any atom is -0.403 e. The lowest BCUT2D eigenvalue weighted by Crippen LogP contribution is -2.15. The Morgan fingerprint density at radius 1 is 1.04 bits per heavy atom. The normalized spacial score (nSPS) is 11.4. The molecule has 2 aromatic carbocycles. The third-order valence-electron chi connectivity index (χ3n) is 3.09. The highest BCUT2D eigenvalue weighted by molar-refractivity contribution is 6.30. The predicted octanol–water partition coefficient (Wildman–Crippen LogP) is 2.71. The van der Waals surface area contributed by atoms with Crippen LogP contribution in [-0.2, 0) is 0 Å². The van der Waals surface area contributed by atoms with E-state index in [1.165, 1.54) is 0 Å². The Labute approximate surface area is 137 Å². The van der Waals surface area contributed by atoms with Gasteiger partial charge in [0.1, 0.15) is 5.84 Å². The zero-order valence-corrected chi connectivity index (χ0v) is 12.7. The molecule has 0 atom stereocenters. The largest absolute Gasteiger partial charge is 0.403 e. The maximum atomic E-state index is 5.85. The number of aromatic nitrogens is 2. The van der Waals surface area contributed by atoms with Gasteiger partial charge in [-0.3, -0.25) is 0 Å². The first-order valence-electron chi connectivity index (χ1n) is 6.66. The zero-order valence-electron chi connectivity index (χ0n) is 11.9. The van der Waals surface area contributed by atoms with Crippen molar-refractivity contribution in [2.24, 2.45) is 16.7 Å². The second-order valence-electron chi connectivity index (χ2n) is 4.64. The lowest BCUT2D eigenvalue weighted by Gasteiger charge is -2.03. The Hall–Kier alpha value is -3.06. The number of rotatable bonds is 4. The van der Waals surface area contributed by atoms with Crippen molar-refractivity contribution in [3.8, 4) is 11.5 Å². The van der Waals surface area contributed by atoms with Gasteiger partial charge in [-0.05, 0) is 48.5 Å². The second-order valence-corrected chi connectivity index (χ2v) is 5.07. The third-order valence-corrected chi connectivity index (χ3v) is 3.34. The van der Waals surface area contributed by atoms with Gasteiger partial charge in [0, 0.05) is 21.8 Å². The van der Waals surface area contributed by atoms with E-state index in [2.05, 4.69) is 20.6 Å². The maximum Gasteiger partial charge on any atom is 0.320 e. The summed E-state index contributed by atoms with van der Waals surface area (Å²) in [6.07, 6.45) is 0. The Bertz CT molecular complexity index is 826. The summed E-state index contributed by atoms with van der Waals surface area (Å²) in [5.41, 5.74) is 7.91. The van der Waals surface area contributed by atoms with Gasteiger partial charge in [0.2, 0.25) is 5.89 Å². The van der Waals surface area contributed by atoms with Gasteiger partial charge >= 0.3 is 6.01 Å². The molecule has 0 aliphatic carbocycles. The average Bonchev–Trinajstić information content (AvgIpc) is 3.04. The molecule has 0 saturated carbocycles. The first kappa shape index (κ1) is 14.9. The molecule has 0 saturated heterocycles. The van der Waals surface area contributed by atoms with Crippen LogP contribution in [-0.4, -0.2) is 16.0 Å². The van der Waals surface area contributed by atoms with Gasteiger partial charge in [-0.1, -0.05) is 16.7 Å². The molecule has 3 rings (SSSR count). The number of nitrogens with two attached hydrogens (primary N) is 2. The number of nitrogens with one attached hydrogen (secondary N) is 1. The summed E-state index contributed by atoms with van der Waals surface area (Å²) in [5.74, 6) is 5.81. The van der Waals surface area contributed by atoms with Gasteiger partial charge < -0.3 is 21.3 Å². The number of halogens is 1. The van der Waals surface area contributed by atoms with Crippen LogP contribution in [0.2, 0.25) is 5.02 Å². The van der Waals surface area contributed by atoms with Crippen molar-refractivity contribution in [3.05, 3.63) is 59.1 Å². The lowest BCUT2D eigenvalue weighted by atomic mass is 10.2. The van der Waals surface area contributed by atoms with Crippen molar-refractivity contribution >= 4 is 29.1 Å². The highest BCUT2D eigenvalue weighted by Crippen LogP contribution is 2.23. The molecule has 0 unspecified atom stereocenters. The minimum atomic E-state index is 0.263. The quantitative estimate of drug-likeness (QED) is 0.293. The van der Waals surface area contributed by atoms with Gasteiger partial charge in [0.05, 0.1) is 0 Å². The molecule has 0 amide bonds. The molecule has 0 spiro atoms. The van der Waals surface area contributed by atoms with Crippen LogP contribution in [0, 0.1) is 0 Å². The van der Waals surface area contributed by atoms with Crippen molar-refractivity contribution in [2.75, 3.05) is 5.32 Å². The first-order valence-corrected chi connectivity index (χ1v) is 7.04. The summed E-state index contributed by atoms with van der Waals surface area (Å²) in [6.45, 7) is 0. The van der Waals surface area contributed by atoms with Crippen LogP contribution in [0.15, 0.2) is 58.0 Å². The molecule has 0 radical (unpaired) electrons. The van der Waals surface area contributed by atoms with E-state index < -0.39 is 0 Å². The van der Waals surface area contributed by atoms with Crippen LogP contribution in [0.4, 0.5) is 11.7 Å². The summed E-state index contributed by atoms with van der Waals surface area (Å²) in [6, 6.07) is 14.6. The van der Waals surface area contributed by atoms with Gasteiger partial charge in [-0.2, -0.15) is 5.10 Å². The molecule has 0 aliphatic rings.